The van der Waals surface area contributed by atoms with Gasteiger partial charge in [-0.2, -0.15) is 0 Å². The first-order valence-corrected chi connectivity index (χ1v) is 8.70. The Morgan fingerprint density at radius 3 is 2.43 bits per heavy atom. The van der Waals surface area contributed by atoms with Gasteiger partial charge >= 0.3 is 0 Å². The highest BCUT2D eigenvalue weighted by atomic mass is 16.4. The lowest BCUT2D eigenvalue weighted by Crippen LogP contribution is -2.46. The topological polar surface area (TPSA) is 144 Å². The van der Waals surface area contributed by atoms with Crippen molar-refractivity contribution in [3.8, 4) is 0 Å². The minimum atomic E-state index is -1.73. The lowest BCUT2D eigenvalue weighted by atomic mass is 10.0. The van der Waals surface area contributed by atoms with Crippen LogP contribution < -0.4 is 5.43 Å². The van der Waals surface area contributed by atoms with Gasteiger partial charge in [-0.3, -0.25) is 9.79 Å². The summed E-state index contributed by atoms with van der Waals surface area (Å²) in [7, 11) is 0. The van der Waals surface area contributed by atoms with E-state index in [0.717, 1.165) is 10.8 Å². The average Bonchev–Trinajstić information content (AvgIpc) is 2.73. The molecule has 0 unspecified atom stereocenters. The highest BCUT2D eigenvalue weighted by molar-refractivity contribution is 6.04. The van der Waals surface area contributed by atoms with Crippen LogP contribution in [0.2, 0.25) is 0 Å². The van der Waals surface area contributed by atoms with Gasteiger partial charge in [0.05, 0.1) is 24.1 Å². The Bertz CT molecular complexity index is 1050. The van der Waals surface area contributed by atoms with E-state index in [0.29, 0.717) is 11.0 Å². The van der Waals surface area contributed by atoms with Crippen molar-refractivity contribution in [2.45, 2.75) is 24.4 Å². The minimum absolute atomic E-state index is 0.167. The Morgan fingerprint density at radius 2 is 1.68 bits per heavy atom. The van der Waals surface area contributed by atoms with E-state index < -0.39 is 31.0 Å². The lowest BCUT2D eigenvalue weighted by molar-refractivity contribution is -0.112. The van der Waals surface area contributed by atoms with Crippen molar-refractivity contribution in [3.63, 3.8) is 0 Å². The third-order valence-corrected chi connectivity index (χ3v) is 4.54. The first-order chi connectivity index (χ1) is 13.4. The molecule has 1 heterocycles. The number of aliphatic hydroxyl groups is 5. The van der Waals surface area contributed by atoms with Gasteiger partial charge in [0.15, 0.2) is 0 Å². The van der Waals surface area contributed by atoms with Gasteiger partial charge < -0.3 is 29.9 Å². The molecule has 28 heavy (non-hydrogen) atoms. The lowest BCUT2D eigenvalue weighted by Gasteiger charge is -2.24. The first kappa shape index (κ1) is 20.1. The predicted molar refractivity (Wildman–Crippen MR) is 104 cm³/mol. The monoisotopic (exact) mass is 387 g/mol. The van der Waals surface area contributed by atoms with Crippen LogP contribution in [-0.2, 0) is 0 Å². The predicted octanol–water partition coefficient (Wildman–Crippen LogP) is -0.199. The first-order valence-electron chi connectivity index (χ1n) is 8.70. The number of hydrogen-bond donors (Lipinski definition) is 5. The number of fused-ring (bicyclic) bond motifs is 3. The van der Waals surface area contributed by atoms with E-state index in [9.17, 15) is 25.2 Å². The quantitative estimate of drug-likeness (QED) is 0.279. The molecule has 0 bridgehead atoms. The molecule has 0 fully saturated rings. The summed E-state index contributed by atoms with van der Waals surface area (Å²) in [5, 5.41) is 49.4. The molecule has 0 radical (unpaired) electrons. The van der Waals surface area contributed by atoms with E-state index in [2.05, 4.69) is 4.99 Å². The zero-order valence-corrected chi connectivity index (χ0v) is 14.8. The van der Waals surface area contributed by atoms with E-state index in [1.54, 1.807) is 6.07 Å². The van der Waals surface area contributed by atoms with Crippen LogP contribution in [0.1, 0.15) is 5.56 Å². The molecule has 0 aliphatic heterocycles. The molecule has 0 aliphatic rings. The molecule has 3 rings (SSSR count). The molecule has 8 heteroatoms. The van der Waals surface area contributed by atoms with Crippen LogP contribution in [0.5, 0.6) is 0 Å². The Morgan fingerprint density at radius 1 is 0.964 bits per heavy atom. The molecule has 0 saturated carbocycles. The van der Waals surface area contributed by atoms with Crippen LogP contribution >= 0.6 is 0 Å². The fraction of sp³-hybridized carbons (Fsp3) is 0.300. The van der Waals surface area contributed by atoms with Crippen LogP contribution in [0.25, 0.3) is 21.7 Å². The molecule has 148 valence electrons. The third kappa shape index (κ3) is 3.96. The summed E-state index contributed by atoms with van der Waals surface area (Å²) in [6.45, 7) is -1.09. The minimum Gasteiger partial charge on any atom is -0.463 e. The Balaban J connectivity index is 1.80. The summed E-state index contributed by atoms with van der Waals surface area (Å²) < 4.78 is 5.62. The van der Waals surface area contributed by atoms with Crippen molar-refractivity contribution in [1.82, 2.24) is 0 Å². The van der Waals surface area contributed by atoms with Crippen molar-refractivity contribution in [2.75, 3.05) is 13.2 Å². The summed E-state index contributed by atoms with van der Waals surface area (Å²) in [6.07, 6.45) is -4.04. The highest BCUT2D eigenvalue weighted by Gasteiger charge is 2.29. The van der Waals surface area contributed by atoms with E-state index in [1.807, 2.05) is 30.3 Å². The Kier molecular flexibility index (Phi) is 6.18. The Hall–Kier alpha value is -2.62. The van der Waals surface area contributed by atoms with Gasteiger partial charge in [0.1, 0.15) is 36.3 Å². The smallest absolute Gasteiger partial charge is 0.201 e. The van der Waals surface area contributed by atoms with Gasteiger partial charge in [-0.05, 0) is 11.5 Å². The van der Waals surface area contributed by atoms with Gasteiger partial charge in [0.2, 0.25) is 5.43 Å². The number of benzene rings is 2. The number of rotatable bonds is 7. The van der Waals surface area contributed by atoms with Crippen LogP contribution in [0, 0.1) is 0 Å². The van der Waals surface area contributed by atoms with Gasteiger partial charge in [0.25, 0.3) is 0 Å². The van der Waals surface area contributed by atoms with Gasteiger partial charge in [-0.15, -0.1) is 0 Å². The zero-order chi connectivity index (χ0) is 20.3. The molecule has 0 saturated heterocycles. The van der Waals surface area contributed by atoms with Crippen LogP contribution in [0.15, 0.2) is 56.9 Å². The van der Waals surface area contributed by atoms with E-state index in [4.69, 9.17) is 9.52 Å². The fourth-order valence-electron chi connectivity index (χ4n) is 2.90. The molecule has 2 aromatic carbocycles. The molecular formula is C20H21NO7. The van der Waals surface area contributed by atoms with Crippen molar-refractivity contribution in [3.05, 3.63) is 58.4 Å². The summed E-state index contributed by atoms with van der Waals surface area (Å²) in [5.74, 6) is 0. The van der Waals surface area contributed by atoms with Crippen LogP contribution in [0.3, 0.4) is 0 Å². The van der Waals surface area contributed by atoms with Crippen LogP contribution in [0.4, 0.5) is 0 Å². The SMILES string of the molecule is O=c1c(C=NC[C@H](O)[C@@H](O)[C@H](O)[C@H](O)CO)coc2c1ccc1ccccc12. The van der Waals surface area contributed by atoms with Crippen molar-refractivity contribution in [2.24, 2.45) is 4.99 Å². The number of nitrogens with zero attached hydrogens (tertiary/aromatic N) is 1. The largest absolute Gasteiger partial charge is 0.463 e. The van der Waals surface area contributed by atoms with Crippen LogP contribution in [-0.4, -0.2) is 69.3 Å². The third-order valence-electron chi connectivity index (χ3n) is 4.54. The molecule has 0 spiro atoms. The fourth-order valence-corrected chi connectivity index (χ4v) is 2.90. The molecular weight excluding hydrogens is 366 g/mol. The average molecular weight is 387 g/mol. The van der Waals surface area contributed by atoms with Gasteiger partial charge in [0, 0.05) is 11.6 Å². The maximum absolute atomic E-state index is 12.7. The van der Waals surface area contributed by atoms with Gasteiger partial charge in [-0.1, -0.05) is 30.3 Å². The molecule has 3 aromatic rings. The number of hydrogen-bond acceptors (Lipinski definition) is 8. The van der Waals surface area contributed by atoms with Gasteiger partial charge in [-0.25, -0.2) is 0 Å². The van der Waals surface area contributed by atoms with E-state index in [-0.39, 0.29) is 17.5 Å². The maximum atomic E-state index is 12.7. The Labute approximate surface area is 159 Å². The van der Waals surface area contributed by atoms with Crippen molar-refractivity contribution in [1.29, 1.82) is 0 Å². The molecule has 5 N–H and O–H groups in total. The number of aliphatic imine (C=N–C) groups is 1. The standard InChI is InChI=1S/C20H21NO7/c22-9-16(24)19(27)18(26)15(23)8-21-7-12-10-28-20-13-4-2-1-3-11(13)5-6-14(20)17(12)25/h1-7,10,15-16,18-19,22-24,26-27H,8-9H2/t15-,16+,18+,19+/m0/s1. The second kappa shape index (κ2) is 8.59. The van der Waals surface area contributed by atoms with Crippen molar-refractivity contribution < 1.29 is 29.9 Å². The second-order valence-corrected chi connectivity index (χ2v) is 6.48. The molecule has 0 amide bonds. The second-order valence-electron chi connectivity index (χ2n) is 6.48. The summed E-state index contributed by atoms with van der Waals surface area (Å²) in [4.78, 5) is 16.6. The number of aliphatic hydroxyl groups excluding tert-OH is 5. The van der Waals surface area contributed by atoms with E-state index in [1.165, 1.54) is 12.5 Å². The summed E-state index contributed by atoms with van der Waals surface area (Å²) in [6, 6.07) is 11.0. The maximum Gasteiger partial charge on any atom is 0.201 e. The normalized spacial score (nSPS) is 16.5. The molecule has 1 aromatic heterocycles. The van der Waals surface area contributed by atoms with Crippen molar-refractivity contribution >= 4 is 28.0 Å². The highest BCUT2D eigenvalue weighted by Crippen LogP contribution is 2.23. The van der Waals surface area contributed by atoms with E-state index >= 15 is 0 Å². The zero-order valence-electron chi connectivity index (χ0n) is 14.8. The molecule has 4 atom stereocenters. The summed E-state index contributed by atoms with van der Waals surface area (Å²) >= 11 is 0. The molecule has 8 nitrogen and oxygen atoms in total. The molecule has 0 aliphatic carbocycles. The summed E-state index contributed by atoms with van der Waals surface area (Å²) in [5.41, 5.74) is 0.346.